The first-order valence-electron chi connectivity index (χ1n) is 5.57. The fraction of sp³-hybridized carbons (Fsp3) is 0.0769. The highest BCUT2D eigenvalue weighted by atomic mass is 16.1. The third-order valence-corrected chi connectivity index (χ3v) is 2.88. The SMILES string of the molecule is Cn1ccc(-n2c(N)cc3ccccc3c2=O)n1. The van der Waals surface area contributed by atoms with Crippen LogP contribution in [0.4, 0.5) is 5.82 Å². The van der Waals surface area contributed by atoms with Crippen LogP contribution in [-0.4, -0.2) is 14.3 Å². The molecule has 0 atom stereocenters. The molecule has 0 saturated carbocycles. The molecule has 5 nitrogen and oxygen atoms in total. The summed E-state index contributed by atoms with van der Waals surface area (Å²) in [5.41, 5.74) is 5.79. The summed E-state index contributed by atoms with van der Waals surface area (Å²) in [5, 5.41) is 5.69. The van der Waals surface area contributed by atoms with Crippen molar-refractivity contribution in [3.05, 3.63) is 52.9 Å². The molecule has 5 heteroatoms. The van der Waals surface area contributed by atoms with Gasteiger partial charge < -0.3 is 5.73 Å². The van der Waals surface area contributed by atoms with E-state index in [-0.39, 0.29) is 5.56 Å². The van der Waals surface area contributed by atoms with Crippen molar-refractivity contribution in [1.82, 2.24) is 14.3 Å². The standard InChI is InChI=1S/C13H12N4O/c1-16-7-6-12(15-16)17-11(14)8-9-4-2-3-5-10(9)13(17)18/h2-8H,14H2,1H3. The van der Waals surface area contributed by atoms with E-state index in [1.807, 2.05) is 18.2 Å². The van der Waals surface area contributed by atoms with Crippen LogP contribution in [0, 0.1) is 0 Å². The van der Waals surface area contributed by atoms with E-state index in [2.05, 4.69) is 5.10 Å². The Morgan fingerprint density at radius 2 is 2.00 bits per heavy atom. The highest BCUT2D eigenvalue weighted by molar-refractivity contribution is 5.84. The van der Waals surface area contributed by atoms with Gasteiger partial charge in [-0.2, -0.15) is 5.10 Å². The summed E-state index contributed by atoms with van der Waals surface area (Å²) in [4.78, 5) is 12.4. The molecule has 90 valence electrons. The van der Waals surface area contributed by atoms with E-state index in [9.17, 15) is 4.79 Å². The molecule has 3 rings (SSSR count). The molecular formula is C13H12N4O. The van der Waals surface area contributed by atoms with Gasteiger partial charge in [0, 0.05) is 24.7 Å². The Morgan fingerprint density at radius 1 is 1.22 bits per heavy atom. The van der Waals surface area contributed by atoms with Gasteiger partial charge in [-0.3, -0.25) is 9.48 Å². The second-order valence-electron chi connectivity index (χ2n) is 4.14. The number of aryl methyl sites for hydroxylation is 1. The Bertz CT molecular complexity index is 785. The van der Waals surface area contributed by atoms with Gasteiger partial charge in [0.1, 0.15) is 5.82 Å². The fourth-order valence-corrected chi connectivity index (χ4v) is 2.04. The average molecular weight is 240 g/mol. The van der Waals surface area contributed by atoms with Crippen LogP contribution in [0.5, 0.6) is 0 Å². The predicted octanol–water partition coefficient (Wildman–Crippen LogP) is 1.31. The third-order valence-electron chi connectivity index (χ3n) is 2.88. The van der Waals surface area contributed by atoms with E-state index < -0.39 is 0 Å². The molecule has 2 N–H and O–H groups in total. The topological polar surface area (TPSA) is 65.8 Å². The first-order valence-corrected chi connectivity index (χ1v) is 5.57. The van der Waals surface area contributed by atoms with Crippen molar-refractivity contribution in [2.45, 2.75) is 0 Å². The Balaban J connectivity index is 2.40. The van der Waals surface area contributed by atoms with E-state index in [0.717, 1.165) is 5.39 Å². The van der Waals surface area contributed by atoms with Crippen molar-refractivity contribution in [3.8, 4) is 5.82 Å². The molecule has 0 spiro atoms. The molecule has 1 aromatic carbocycles. The van der Waals surface area contributed by atoms with E-state index in [1.165, 1.54) is 4.57 Å². The average Bonchev–Trinajstić information content (AvgIpc) is 2.76. The lowest BCUT2D eigenvalue weighted by molar-refractivity contribution is 0.749. The lowest BCUT2D eigenvalue weighted by atomic mass is 10.1. The molecule has 0 aliphatic carbocycles. The second-order valence-corrected chi connectivity index (χ2v) is 4.14. The van der Waals surface area contributed by atoms with E-state index in [1.54, 1.807) is 36.1 Å². The van der Waals surface area contributed by atoms with Crippen LogP contribution < -0.4 is 11.3 Å². The Morgan fingerprint density at radius 3 is 2.72 bits per heavy atom. The Hall–Kier alpha value is -2.56. The van der Waals surface area contributed by atoms with Crippen LogP contribution in [0.15, 0.2) is 47.4 Å². The molecule has 3 aromatic rings. The van der Waals surface area contributed by atoms with E-state index in [0.29, 0.717) is 17.0 Å². The first kappa shape index (κ1) is 10.6. The number of benzene rings is 1. The maximum atomic E-state index is 12.4. The normalized spacial score (nSPS) is 10.9. The zero-order valence-electron chi connectivity index (χ0n) is 9.87. The van der Waals surface area contributed by atoms with Crippen molar-refractivity contribution in [1.29, 1.82) is 0 Å². The van der Waals surface area contributed by atoms with Gasteiger partial charge in [-0.05, 0) is 17.5 Å². The number of aromatic nitrogens is 3. The van der Waals surface area contributed by atoms with Gasteiger partial charge in [0.05, 0.1) is 0 Å². The molecule has 2 heterocycles. The number of hydrogen-bond donors (Lipinski definition) is 1. The summed E-state index contributed by atoms with van der Waals surface area (Å²) in [6.07, 6.45) is 1.77. The van der Waals surface area contributed by atoms with Crippen molar-refractivity contribution < 1.29 is 0 Å². The molecule has 0 bridgehead atoms. The number of nitrogen functional groups attached to an aromatic ring is 1. The van der Waals surface area contributed by atoms with Crippen molar-refractivity contribution >= 4 is 16.6 Å². The molecule has 0 saturated heterocycles. The maximum Gasteiger partial charge on any atom is 0.265 e. The monoisotopic (exact) mass is 240 g/mol. The minimum Gasteiger partial charge on any atom is -0.385 e. The quantitative estimate of drug-likeness (QED) is 0.697. The zero-order valence-corrected chi connectivity index (χ0v) is 9.87. The third kappa shape index (κ3) is 1.48. The number of nitrogens with two attached hydrogens (primary N) is 1. The number of hydrogen-bond acceptors (Lipinski definition) is 3. The molecule has 0 radical (unpaired) electrons. The summed E-state index contributed by atoms with van der Waals surface area (Å²) < 4.78 is 3.05. The summed E-state index contributed by atoms with van der Waals surface area (Å²) in [6, 6.07) is 10.9. The van der Waals surface area contributed by atoms with Crippen molar-refractivity contribution in [3.63, 3.8) is 0 Å². The highest BCUT2D eigenvalue weighted by Gasteiger charge is 2.10. The van der Waals surface area contributed by atoms with Gasteiger partial charge in [-0.25, -0.2) is 4.57 Å². The number of nitrogens with zero attached hydrogens (tertiary/aromatic N) is 3. The Kier molecular flexibility index (Phi) is 2.19. The van der Waals surface area contributed by atoms with Crippen LogP contribution in [0.1, 0.15) is 0 Å². The fourth-order valence-electron chi connectivity index (χ4n) is 2.04. The van der Waals surface area contributed by atoms with E-state index in [4.69, 9.17) is 5.73 Å². The summed E-state index contributed by atoms with van der Waals surface area (Å²) in [6.45, 7) is 0. The molecular weight excluding hydrogens is 228 g/mol. The second kappa shape index (κ2) is 3.73. The minimum absolute atomic E-state index is 0.149. The number of rotatable bonds is 1. The minimum atomic E-state index is -0.149. The summed E-state index contributed by atoms with van der Waals surface area (Å²) in [5.74, 6) is 0.920. The van der Waals surface area contributed by atoms with Crippen LogP contribution >= 0.6 is 0 Å². The van der Waals surface area contributed by atoms with Crippen molar-refractivity contribution in [2.24, 2.45) is 7.05 Å². The van der Waals surface area contributed by atoms with Gasteiger partial charge in [0.25, 0.3) is 5.56 Å². The summed E-state index contributed by atoms with van der Waals surface area (Å²) >= 11 is 0. The van der Waals surface area contributed by atoms with Gasteiger partial charge >= 0.3 is 0 Å². The van der Waals surface area contributed by atoms with Crippen LogP contribution in [0.2, 0.25) is 0 Å². The van der Waals surface area contributed by atoms with Crippen LogP contribution in [-0.2, 0) is 7.05 Å². The lowest BCUT2D eigenvalue weighted by Gasteiger charge is -2.08. The smallest absolute Gasteiger partial charge is 0.265 e. The molecule has 2 aromatic heterocycles. The van der Waals surface area contributed by atoms with Crippen LogP contribution in [0.3, 0.4) is 0 Å². The van der Waals surface area contributed by atoms with Crippen molar-refractivity contribution in [2.75, 3.05) is 5.73 Å². The first-order chi connectivity index (χ1) is 8.66. The zero-order chi connectivity index (χ0) is 12.7. The maximum absolute atomic E-state index is 12.4. The Labute approximate surface area is 103 Å². The molecule has 0 fully saturated rings. The lowest BCUT2D eigenvalue weighted by Crippen LogP contribution is -2.21. The molecule has 0 aliphatic heterocycles. The highest BCUT2D eigenvalue weighted by Crippen LogP contribution is 2.15. The van der Waals surface area contributed by atoms with Gasteiger partial charge in [-0.15, -0.1) is 0 Å². The number of anilines is 1. The number of pyridine rings is 1. The predicted molar refractivity (Wildman–Crippen MR) is 70.7 cm³/mol. The molecule has 0 aliphatic rings. The van der Waals surface area contributed by atoms with Gasteiger partial charge in [0.2, 0.25) is 0 Å². The molecule has 0 amide bonds. The largest absolute Gasteiger partial charge is 0.385 e. The van der Waals surface area contributed by atoms with Crippen LogP contribution in [0.25, 0.3) is 16.6 Å². The van der Waals surface area contributed by atoms with Gasteiger partial charge in [0.15, 0.2) is 5.82 Å². The van der Waals surface area contributed by atoms with E-state index >= 15 is 0 Å². The number of fused-ring (bicyclic) bond motifs is 1. The summed E-state index contributed by atoms with van der Waals surface area (Å²) in [7, 11) is 1.80. The molecule has 18 heavy (non-hydrogen) atoms. The van der Waals surface area contributed by atoms with Gasteiger partial charge in [-0.1, -0.05) is 18.2 Å². The molecule has 0 unspecified atom stereocenters.